The minimum atomic E-state index is -0.371. The number of aryl methyl sites for hydroxylation is 1. The van der Waals surface area contributed by atoms with E-state index in [9.17, 15) is 10.1 Å². The Morgan fingerprint density at radius 1 is 1.27 bits per heavy atom. The molecule has 110 valence electrons. The van der Waals surface area contributed by atoms with Crippen molar-refractivity contribution >= 4 is 5.69 Å². The predicted molar refractivity (Wildman–Crippen MR) is 84.6 cm³/mol. The van der Waals surface area contributed by atoms with Gasteiger partial charge in [-0.05, 0) is 30.2 Å². The Labute approximate surface area is 128 Å². The van der Waals surface area contributed by atoms with Gasteiger partial charge in [-0.15, -0.1) is 0 Å². The second kappa shape index (κ2) is 5.81. The van der Waals surface area contributed by atoms with Crippen LogP contribution in [0, 0.1) is 17.0 Å². The summed E-state index contributed by atoms with van der Waals surface area (Å²) in [6, 6.07) is 10.7. The summed E-state index contributed by atoms with van der Waals surface area (Å²) in [7, 11) is 0. The van der Waals surface area contributed by atoms with E-state index in [2.05, 4.69) is 11.9 Å². The molecule has 0 saturated heterocycles. The number of nitro benzene ring substituents is 1. The summed E-state index contributed by atoms with van der Waals surface area (Å²) in [6.07, 6.45) is 7.63. The zero-order valence-corrected chi connectivity index (χ0v) is 12.1. The maximum Gasteiger partial charge on any atom is 0.269 e. The highest BCUT2D eigenvalue weighted by atomic mass is 16.6. The van der Waals surface area contributed by atoms with E-state index in [4.69, 9.17) is 0 Å². The van der Waals surface area contributed by atoms with Crippen molar-refractivity contribution in [2.24, 2.45) is 0 Å². The van der Waals surface area contributed by atoms with E-state index in [0.29, 0.717) is 6.54 Å². The number of non-ortho nitro benzene ring substituents is 1. The first kappa shape index (κ1) is 14.0. The largest absolute Gasteiger partial charge is 0.349 e. The van der Waals surface area contributed by atoms with Crippen LogP contribution in [0.25, 0.3) is 11.1 Å². The Kier molecular flexibility index (Phi) is 3.70. The van der Waals surface area contributed by atoms with E-state index in [1.165, 1.54) is 11.6 Å². The Bertz CT molecular complexity index is 824. The minimum absolute atomic E-state index is 0.119. The van der Waals surface area contributed by atoms with Crippen LogP contribution >= 0.6 is 0 Å². The van der Waals surface area contributed by atoms with Crippen molar-refractivity contribution in [1.82, 2.24) is 9.55 Å². The molecule has 0 atom stereocenters. The van der Waals surface area contributed by atoms with Crippen LogP contribution in [0.1, 0.15) is 11.1 Å². The van der Waals surface area contributed by atoms with E-state index in [0.717, 1.165) is 16.7 Å². The van der Waals surface area contributed by atoms with E-state index < -0.39 is 0 Å². The number of hydrogen-bond donors (Lipinski definition) is 0. The first-order chi connectivity index (χ1) is 10.6. The molecule has 0 fully saturated rings. The van der Waals surface area contributed by atoms with Crippen LogP contribution in [0.4, 0.5) is 5.69 Å². The summed E-state index contributed by atoms with van der Waals surface area (Å²) < 4.78 is 2.01. The molecular weight excluding hydrogens is 278 g/mol. The molecule has 0 unspecified atom stereocenters. The molecule has 3 rings (SSSR count). The second-order valence-electron chi connectivity index (χ2n) is 5.19. The third-order valence-corrected chi connectivity index (χ3v) is 3.59. The quantitative estimate of drug-likeness (QED) is 0.542. The lowest BCUT2D eigenvalue weighted by Gasteiger charge is -2.04. The SMILES string of the molecule is Cc1ccncc1-c1ccn(Cc2cccc([N+](=O)[O-])c2)c1. The first-order valence-corrected chi connectivity index (χ1v) is 6.93. The standard InChI is InChI=1S/C17H15N3O2/c1-13-5-7-18-10-17(13)15-6-8-19(12-15)11-14-3-2-4-16(9-14)20(21)22/h2-10,12H,11H2,1H3. The number of hydrogen-bond acceptors (Lipinski definition) is 3. The van der Waals surface area contributed by atoms with Gasteiger partial charge in [-0.25, -0.2) is 0 Å². The van der Waals surface area contributed by atoms with Crippen molar-refractivity contribution in [3.8, 4) is 11.1 Å². The van der Waals surface area contributed by atoms with Gasteiger partial charge in [0.25, 0.3) is 5.69 Å². The van der Waals surface area contributed by atoms with Crippen molar-refractivity contribution in [3.63, 3.8) is 0 Å². The summed E-state index contributed by atoms with van der Waals surface area (Å²) in [5.74, 6) is 0. The van der Waals surface area contributed by atoms with Crippen LogP contribution in [-0.2, 0) is 6.54 Å². The van der Waals surface area contributed by atoms with Crippen molar-refractivity contribution in [2.45, 2.75) is 13.5 Å². The molecule has 0 bridgehead atoms. The lowest BCUT2D eigenvalue weighted by atomic mass is 10.1. The molecular formula is C17H15N3O2. The summed E-state index contributed by atoms with van der Waals surface area (Å²) in [4.78, 5) is 14.6. The molecule has 2 heterocycles. The third-order valence-electron chi connectivity index (χ3n) is 3.59. The Morgan fingerprint density at radius 3 is 2.91 bits per heavy atom. The van der Waals surface area contributed by atoms with E-state index in [-0.39, 0.29) is 10.6 Å². The lowest BCUT2D eigenvalue weighted by Crippen LogP contribution is -1.97. The lowest BCUT2D eigenvalue weighted by molar-refractivity contribution is -0.384. The smallest absolute Gasteiger partial charge is 0.269 e. The number of nitro groups is 1. The highest BCUT2D eigenvalue weighted by Crippen LogP contribution is 2.23. The van der Waals surface area contributed by atoms with Gasteiger partial charge in [-0.1, -0.05) is 12.1 Å². The van der Waals surface area contributed by atoms with Crippen molar-refractivity contribution in [2.75, 3.05) is 0 Å². The summed E-state index contributed by atoms with van der Waals surface area (Å²) in [5.41, 5.74) is 4.38. The second-order valence-corrected chi connectivity index (χ2v) is 5.19. The van der Waals surface area contributed by atoms with Gasteiger partial charge < -0.3 is 4.57 Å². The maximum atomic E-state index is 10.8. The Morgan fingerprint density at radius 2 is 2.14 bits per heavy atom. The first-order valence-electron chi connectivity index (χ1n) is 6.93. The predicted octanol–water partition coefficient (Wildman–Crippen LogP) is 3.82. The van der Waals surface area contributed by atoms with Crippen LogP contribution in [0.5, 0.6) is 0 Å². The van der Waals surface area contributed by atoms with E-state index in [1.54, 1.807) is 18.3 Å². The average Bonchev–Trinajstić information content (AvgIpc) is 2.96. The van der Waals surface area contributed by atoms with Crippen molar-refractivity contribution < 1.29 is 4.92 Å². The molecule has 5 nitrogen and oxygen atoms in total. The van der Waals surface area contributed by atoms with Crippen LogP contribution in [-0.4, -0.2) is 14.5 Å². The van der Waals surface area contributed by atoms with Crippen molar-refractivity contribution in [3.05, 3.63) is 82.4 Å². The topological polar surface area (TPSA) is 61.0 Å². The molecule has 0 aliphatic heterocycles. The van der Waals surface area contributed by atoms with E-state index in [1.807, 2.05) is 41.4 Å². The normalized spacial score (nSPS) is 10.6. The molecule has 5 heteroatoms. The summed E-state index contributed by atoms with van der Waals surface area (Å²) in [6.45, 7) is 2.65. The highest BCUT2D eigenvalue weighted by Gasteiger charge is 2.07. The fourth-order valence-electron chi connectivity index (χ4n) is 2.44. The fourth-order valence-corrected chi connectivity index (χ4v) is 2.44. The van der Waals surface area contributed by atoms with Crippen LogP contribution in [0.15, 0.2) is 61.2 Å². The van der Waals surface area contributed by atoms with Gasteiger partial charge in [0.2, 0.25) is 0 Å². The van der Waals surface area contributed by atoms with Crippen molar-refractivity contribution in [1.29, 1.82) is 0 Å². The van der Waals surface area contributed by atoms with Gasteiger partial charge in [0.05, 0.1) is 4.92 Å². The fraction of sp³-hybridized carbons (Fsp3) is 0.118. The van der Waals surface area contributed by atoms with Gasteiger partial charge in [0.15, 0.2) is 0 Å². The zero-order valence-electron chi connectivity index (χ0n) is 12.1. The number of aromatic nitrogens is 2. The average molecular weight is 293 g/mol. The molecule has 22 heavy (non-hydrogen) atoms. The monoisotopic (exact) mass is 293 g/mol. The molecule has 2 aromatic heterocycles. The molecule has 3 aromatic rings. The summed E-state index contributed by atoms with van der Waals surface area (Å²) >= 11 is 0. The van der Waals surface area contributed by atoms with Crippen LogP contribution in [0.3, 0.4) is 0 Å². The molecule has 0 aliphatic rings. The molecule has 1 aromatic carbocycles. The highest BCUT2D eigenvalue weighted by molar-refractivity contribution is 5.65. The van der Waals surface area contributed by atoms with Gasteiger partial charge in [-0.2, -0.15) is 0 Å². The Balaban J connectivity index is 1.85. The van der Waals surface area contributed by atoms with Crippen LogP contribution in [0.2, 0.25) is 0 Å². The number of benzene rings is 1. The van der Waals surface area contributed by atoms with Gasteiger partial charge in [0.1, 0.15) is 0 Å². The van der Waals surface area contributed by atoms with Gasteiger partial charge >= 0.3 is 0 Å². The molecule has 0 N–H and O–H groups in total. The number of rotatable bonds is 4. The molecule has 0 aliphatic carbocycles. The third kappa shape index (κ3) is 2.88. The van der Waals surface area contributed by atoms with Gasteiger partial charge in [-0.3, -0.25) is 15.1 Å². The summed E-state index contributed by atoms with van der Waals surface area (Å²) in [5, 5.41) is 10.8. The molecule has 0 saturated carbocycles. The molecule has 0 amide bonds. The zero-order chi connectivity index (χ0) is 15.5. The molecule has 0 radical (unpaired) electrons. The van der Waals surface area contributed by atoms with Crippen LogP contribution < -0.4 is 0 Å². The number of nitrogens with zero attached hydrogens (tertiary/aromatic N) is 3. The minimum Gasteiger partial charge on any atom is -0.349 e. The number of pyridine rings is 1. The van der Waals surface area contributed by atoms with E-state index >= 15 is 0 Å². The maximum absolute atomic E-state index is 10.8. The Hall–Kier alpha value is -2.95. The molecule has 0 spiro atoms. The van der Waals surface area contributed by atoms with Gasteiger partial charge in [0, 0.05) is 54.6 Å².